The molecular weight excluding hydrogens is 400 g/mol. The molecule has 0 saturated heterocycles. The van der Waals surface area contributed by atoms with Gasteiger partial charge in [-0.05, 0) is 43.3 Å². The molecule has 0 aliphatic carbocycles. The number of hydrogen-bond donors (Lipinski definition) is 1. The van der Waals surface area contributed by atoms with Gasteiger partial charge in [0.2, 0.25) is 5.91 Å². The average Bonchev–Trinajstić information content (AvgIpc) is 3.16. The summed E-state index contributed by atoms with van der Waals surface area (Å²) in [6, 6.07) is 13.8. The summed E-state index contributed by atoms with van der Waals surface area (Å²) < 4.78 is 10.6. The molecule has 0 aliphatic heterocycles. The molecule has 0 spiro atoms. The van der Waals surface area contributed by atoms with Gasteiger partial charge in [0.15, 0.2) is 5.76 Å². The zero-order valence-electron chi connectivity index (χ0n) is 15.0. The lowest BCUT2D eigenvalue weighted by molar-refractivity contribution is -0.113. The van der Waals surface area contributed by atoms with Crippen LogP contribution in [0.5, 0.6) is 0 Å². The van der Waals surface area contributed by atoms with E-state index in [-0.39, 0.29) is 11.7 Å². The minimum Gasteiger partial charge on any atom is -0.462 e. The maximum atomic E-state index is 12.1. The smallest absolute Gasteiger partial charge is 0.338 e. The molecule has 0 saturated carbocycles. The number of thioether (sulfide) groups is 1. The molecule has 1 amide bonds. The standard InChI is InChI=1S/C20H17ClN2O4S/c1-2-26-19(25)13-6-8-16(9-7-13)23-18(24)12-28-20-22-11-17(27-20)14-4-3-5-15(21)10-14/h3-11H,2,12H2,1H3,(H,23,24). The first-order valence-corrected chi connectivity index (χ1v) is 9.83. The molecule has 0 aliphatic rings. The first-order valence-electron chi connectivity index (χ1n) is 8.46. The Morgan fingerprint density at radius 3 is 2.71 bits per heavy atom. The van der Waals surface area contributed by atoms with Gasteiger partial charge in [-0.2, -0.15) is 0 Å². The van der Waals surface area contributed by atoms with Crippen molar-refractivity contribution in [2.24, 2.45) is 0 Å². The summed E-state index contributed by atoms with van der Waals surface area (Å²) in [6.07, 6.45) is 1.60. The van der Waals surface area contributed by atoms with Crippen molar-refractivity contribution in [2.45, 2.75) is 12.1 Å². The van der Waals surface area contributed by atoms with Crippen LogP contribution in [0.4, 0.5) is 5.69 Å². The van der Waals surface area contributed by atoms with Crippen LogP contribution in [0, 0.1) is 0 Å². The van der Waals surface area contributed by atoms with Crippen LogP contribution in [0.15, 0.2) is 64.4 Å². The Bertz CT molecular complexity index is 972. The number of hydrogen-bond acceptors (Lipinski definition) is 6. The molecule has 0 unspecified atom stereocenters. The molecule has 1 heterocycles. The second kappa shape index (κ2) is 9.43. The number of esters is 1. The molecule has 8 heteroatoms. The first-order chi connectivity index (χ1) is 13.5. The van der Waals surface area contributed by atoms with E-state index in [9.17, 15) is 9.59 Å². The lowest BCUT2D eigenvalue weighted by Gasteiger charge is -2.06. The Balaban J connectivity index is 1.53. The van der Waals surface area contributed by atoms with E-state index < -0.39 is 5.97 Å². The topological polar surface area (TPSA) is 81.4 Å². The van der Waals surface area contributed by atoms with Crippen molar-refractivity contribution in [3.05, 3.63) is 65.3 Å². The minimum absolute atomic E-state index is 0.134. The fourth-order valence-corrected chi connectivity index (χ4v) is 3.12. The van der Waals surface area contributed by atoms with Crippen molar-refractivity contribution in [3.63, 3.8) is 0 Å². The molecule has 0 atom stereocenters. The third-order valence-corrected chi connectivity index (χ3v) is 4.68. The molecule has 144 valence electrons. The predicted octanol–water partition coefficient (Wildman–Crippen LogP) is 4.90. The highest BCUT2D eigenvalue weighted by Gasteiger charge is 2.11. The second-order valence-corrected chi connectivity index (χ2v) is 7.00. The number of anilines is 1. The Kier molecular flexibility index (Phi) is 6.73. The first kappa shape index (κ1) is 20.0. The summed E-state index contributed by atoms with van der Waals surface area (Å²) in [5, 5.41) is 3.76. The van der Waals surface area contributed by atoms with Crippen LogP contribution >= 0.6 is 23.4 Å². The second-order valence-electron chi connectivity index (χ2n) is 5.64. The van der Waals surface area contributed by atoms with Crippen molar-refractivity contribution in [3.8, 4) is 11.3 Å². The molecule has 2 aromatic carbocycles. The van der Waals surface area contributed by atoms with Crippen LogP contribution in [0.25, 0.3) is 11.3 Å². The summed E-state index contributed by atoms with van der Waals surface area (Å²) in [5.74, 6) is 0.112. The van der Waals surface area contributed by atoms with E-state index >= 15 is 0 Å². The Labute approximate surface area is 171 Å². The summed E-state index contributed by atoms with van der Waals surface area (Å²) in [6.45, 7) is 2.06. The highest BCUT2D eigenvalue weighted by molar-refractivity contribution is 7.99. The van der Waals surface area contributed by atoms with Crippen molar-refractivity contribution in [1.82, 2.24) is 4.98 Å². The van der Waals surface area contributed by atoms with Crippen molar-refractivity contribution < 1.29 is 18.7 Å². The van der Waals surface area contributed by atoms with Gasteiger partial charge in [-0.3, -0.25) is 4.79 Å². The number of halogens is 1. The van der Waals surface area contributed by atoms with E-state index in [0.717, 1.165) is 5.56 Å². The average molecular weight is 417 g/mol. The lowest BCUT2D eigenvalue weighted by Crippen LogP contribution is -2.14. The van der Waals surface area contributed by atoms with Gasteiger partial charge in [-0.25, -0.2) is 9.78 Å². The molecule has 1 aromatic heterocycles. The maximum absolute atomic E-state index is 12.1. The summed E-state index contributed by atoms with van der Waals surface area (Å²) in [4.78, 5) is 27.9. The quantitative estimate of drug-likeness (QED) is 0.435. The fraction of sp³-hybridized carbons (Fsp3) is 0.150. The number of nitrogens with zero attached hydrogens (tertiary/aromatic N) is 1. The van der Waals surface area contributed by atoms with Gasteiger partial charge in [0, 0.05) is 16.3 Å². The van der Waals surface area contributed by atoms with E-state index in [4.69, 9.17) is 20.8 Å². The van der Waals surface area contributed by atoms with E-state index in [1.165, 1.54) is 11.8 Å². The van der Waals surface area contributed by atoms with Crippen LogP contribution in [0.1, 0.15) is 17.3 Å². The van der Waals surface area contributed by atoms with Crippen LogP contribution < -0.4 is 5.32 Å². The summed E-state index contributed by atoms with van der Waals surface area (Å²) in [7, 11) is 0. The van der Waals surface area contributed by atoms with Crippen LogP contribution in [-0.2, 0) is 9.53 Å². The number of carbonyl (C=O) groups excluding carboxylic acids is 2. The van der Waals surface area contributed by atoms with E-state index in [1.54, 1.807) is 49.5 Å². The Morgan fingerprint density at radius 1 is 1.21 bits per heavy atom. The Hall–Kier alpha value is -2.77. The zero-order chi connectivity index (χ0) is 19.9. The molecular formula is C20H17ClN2O4S. The molecule has 6 nitrogen and oxygen atoms in total. The monoisotopic (exact) mass is 416 g/mol. The molecule has 28 heavy (non-hydrogen) atoms. The molecule has 1 N–H and O–H groups in total. The number of oxazole rings is 1. The fourth-order valence-electron chi connectivity index (χ4n) is 2.33. The SMILES string of the molecule is CCOC(=O)c1ccc(NC(=O)CSc2ncc(-c3cccc(Cl)c3)o2)cc1. The Morgan fingerprint density at radius 2 is 2.00 bits per heavy atom. The van der Waals surface area contributed by atoms with Crippen molar-refractivity contribution in [2.75, 3.05) is 17.7 Å². The molecule has 0 fully saturated rings. The predicted molar refractivity (Wildman–Crippen MR) is 109 cm³/mol. The number of aromatic nitrogens is 1. The number of rotatable bonds is 7. The summed E-state index contributed by atoms with van der Waals surface area (Å²) in [5.41, 5.74) is 1.84. The highest BCUT2D eigenvalue weighted by atomic mass is 35.5. The van der Waals surface area contributed by atoms with Gasteiger partial charge in [-0.1, -0.05) is 35.5 Å². The maximum Gasteiger partial charge on any atom is 0.338 e. The minimum atomic E-state index is -0.393. The van der Waals surface area contributed by atoms with Crippen LogP contribution in [0.3, 0.4) is 0 Å². The largest absolute Gasteiger partial charge is 0.462 e. The van der Waals surface area contributed by atoms with E-state index in [2.05, 4.69) is 10.3 Å². The third-order valence-electron chi connectivity index (χ3n) is 3.60. The van der Waals surface area contributed by atoms with E-state index in [0.29, 0.717) is 33.9 Å². The molecule has 0 bridgehead atoms. The van der Waals surface area contributed by atoms with E-state index in [1.807, 2.05) is 12.1 Å². The molecule has 3 rings (SSSR count). The van der Waals surface area contributed by atoms with Gasteiger partial charge in [0.05, 0.1) is 24.1 Å². The zero-order valence-corrected chi connectivity index (χ0v) is 16.5. The molecule has 0 radical (unpaired) electrons. The third kappa shape index (κ3) is 5.37. The van der Waals surface area contributed by atoms with Crippen molar-refractivity contribution in [1.29, 1.82) is 0 Å². The molecule has 3 aromatic rings. The highest BCUT2D eigenvalue weighted by Crippen LogP contribution is 2.27. The van der Waals surface area contributed by atoms with Gasteiger partial charge in [-0.15, -0.1) is 0 Å². The number of ether oxygens (including phenoxy) is 1. The summed E-state index contributed by atoms with van der Waals surface area (Å²) >= 11 is 7.16. The lowest BCUT2D eigenvalue weighted by atomic mass is 10.2. The van der Waals surface area contributed by atoms with Crippen LogP contribution in [0.2, 0.25) is 5.02 Å². The van der Waals surface area contributed by atoms with Crippen molar-refractivity contribution >= 4 is 40.9 Å². The number of carbonyl (C=O) groups is 2. The number of benzene rings is 2. The van der Waals surface area contributed by atoms with Crippen LogP contribution in [-0.4, -0.2) is 29.2 Å². The van der Waals surface area contributed by atoms with Gasteiger partial charge in [0.1, 0.15) is 0 Å². The normalized spacial score (nSPS) is 10.5. The van der Waals surface area contributed by atoms with Gasteiger partial charge < -0.3 is 14.5 Å². The number of nitrogens with one attached hydrogen (secondary N) is 1. The number of amides is 1. The van der Waals surface area contributed by atoms with Gasteiger partial charge in [0.25, 0.3) is 5.22 Å². The van der Waals surface area contributed by atoms with Gasteiger partial charge >= 0.3 is 5.97 Å².